The lowest BCUT2D eigenvalue weighted by Gasteiger charge is -2.31. The standard InChI is InChI=1S/C7HF13O2/c8-1(9)2(10)21-6(17,18)5(15,16)7(19,20)22-3(11)4(12,13)14/h3H. The molecule has 0 aromatic heterocycles. The van der Waals surface area contributed by atoms with Crippen molar-refractivity contribution in [2.75, 3.05) is 0 Å². The van der Waals surface area contributed by atoms with Gasteiger partial charge in [0.1, 0.15) is 0 Å². The van der Waals surface area contributed by atoms with Crippen LogP contribution in [0.1, 0.15) is 0 Å². The maximum Gasteiger partial charge on any atom is 0.475 e. The molecule has 0 aromatic carbocycles. The van der Waals surface area contributed by atoms with Crippen LogP contribution in [0, 0.1) is 0 Å². The van der Waals surface area contributed by atoms with Crippen molar-refractivity contribution in [1.82, 2.24) is 0 Å². The fraction of sp³-hybridized carbons (Fsp3) is 0.714. The van der Waals surface area contributed by atoms with E-state index in [0.29, 0.717) is 0 Å². The molecule has 15 heteroatoms. The fourth-order valence-electron chi connectivity index (χ4n) is 0.655. The molecule has 22 heavy (non-hydrogen) atoms. The van der Waals surface area contributed by atoms with Crippen LogP contribution in [0.15, 0.2) is 12.1 Å². The molecule has 0 bridgehead atoms. The summed E-state index contributed by atoms with van der Waals surface area (Å²) in [6.45, 7) is 0. The van der Waals surface area contributed by atoms with Gasteiger partial charge in [0.25, 0.3) is 6.36 Å². The van der Waals surface area contributed by atoms with Crippen molar-refractivity contribution >= 4 is 0 Å². The molecule has 0 radical (unpaired) electrons. The molecular formula is C7HF13O2. The highest BCUT2D eigenvalue weighted by molar-refractivity contribution is 4.91. The molecule has 0 heterocycles. The van der Waals surface area contributed by atoms with Crippen LogP contribution in [0.25, 0.3) is 0 Å². The molecule has 0 aromatic rings. The molecule has 2 nitrogen and oxygen atoms in total. The molecule has 0 aliphatic rings. The Morgan fingerprint density at radius 3 is 1.45 bits per heavy atom. The minimum Gasteiger partial charge on any atom is -0.397 e. The van der Waals surface area contributed by atoms with Crippen LogP contribution in [0.5, 0.6) is 0 Å². The highest BCUT2D eigenvalue weighted by atomic mass is 19.4. The SMILES string of the molecule is FC(F)=C(F)OC(F)(F)C(F)(F)C(F)(F)OC(F)C(F)(F)F. The Bertz CT molecular complexity index is 421. The largest absolute Gasteiger partial charge is 0.475 e. The van der Waals surface area contributed by atoms with Crippen LogP contribution in [-0.4, -0.2) is 30.7 Å². The van der Waals surface area contributed by atoms with Gasteiger partial charge in [-0.25, -0.2) is 4.39 Å². The Morgan fingerprint density at radius 2 is 1.14 bits per heavy atom. The highest BCUT2D eigenvalue weighted by Crippen LogP contribution is 2.49. The predicted molar refractivity (Wildman–Crippen MR) is 38.3 cm³/mol. The van der Waals surface area contributed by atoms with Gasteiger partial charge < -0.3 is 4.74 Å². The van der Waals surface area contributed by atoms with Crippen LogP contribution in [-0.2, 0) is 9.47 Å². The van der Waals surface area contributed by atoms with Gasteiger partial charge in [0.05, 0.1) is 0 Å². The van der Waals surface area contributed by atoms with E-state index in [1.165, 1.54) is 0 Å². The molecular weight excluding hydrogens is 363 g/mol. The van der Waals surface area contributed by atoms with Gasteiger partial charge in [0.2, 0.25) is 0 Å². The Hall–Kier alpha value is -1.41. The van der Waals surface area contributed by atoms with E-state index in [9.17, 15) is 57.1 Å². The smallest absolute Gasteiger partial charge is 0.397 e. The van der Waals surface area contributed by atoms with Crippen molar-refractivity contribution in [3.05, 3.63) is 12.1 Å². The molecule has 0 fully saturated rings. The van der Waals surface area contributed by atoms with E-state index in [1.54, 1.807) is 0 Å². The summed E-state index contributed by atoms with van der Waals surface area (Å²) in [5, 5.41) is 0. The van der Waals surface area contributed by atoms with Crippen molar-refractivity contribution < 1.29 is 66.5 Å². The van der Waals surface area contributed by atoms with Gasteiger partial charge in [0.15, 0.2) is 0 Å². The van der Waals surface area contributed by atoms with E-state index in [1.807, 2.05) is 9.47 Å². The summed E-state index contributed by atoms with van der Waals surface area (Å²) in [7, 11) is 0. The zero-order valence-corrected chi connectivity index (χ0v) is 9.31. The van der Waals surface area contributed by atoms with Crippen molar-refractivity contribution in [2.45, 2.75) is 30.7 Å². The first-order chi connectivity index (χ1) is 9.46. The molecule has 0 spiro atoms. The summed E-state index contributed by atoms with van der Waals surface area (Å²) in [6, 6.07) is -3.71. The minimum atomic E-state index is -7.15. The van der Waals surface area contributed by atoms with Gasteiger partial charge in [-0.3, -0.25) is 4.74 Å². The van der Waals surface area contributed by atoms with Gasteiger partial charge in [-0.05, 0) is 0 Å². The highest BCUT2D eigenvalue weighted by Gasteiger charge is 2.77. The number of halogens is 13. The number of hydrogen-bond acceptors (Lipinski definition) is 2. The zero-order chi connectivity index (χ0) is 18.1. The molecule has 1 atom stereocenters. The van der Waals surface area contributed by atoms with Gasteiger partial charge >= 0.3 is 36.4 Å². The molecule has 132 valence electrons. The first kappa shape index (κ1) is 20.6. The first-order valence-electron chi connectivity index (χ1n) is 4.37. The number of alkyl halides is 10. The van der Waals surface area contributed by atoms with E-state index in [4.69, 9.17) is 0 Å². The zero-order valence-electron chi connectivity index (χ0n) is 9.31. The molecule has 0 N–H and O–H groups in total. The first-order valence-corrected chi connectivity index (χ1v) is 4.37. The Labute approximate surface area is 111 Å². The number of hydrogen-bond donors (Lipinski definition) is 0. The van der Waals surface area contributed by atoms with E-state index in [0.717, 1.165) is 0 Å². The van der Waals surface area contributed by atoms with Crippen LogP contribution in [0.4, 0.5) is 57.1 Å². The summed E-state index contributed by atoms with van der Waals surface area (Å²) in [4.78, 5) is 0. The van der Waals surface area contributed by atoms with Crippen LogP contribution < -0.4 is 0 Å². The Balaban J connectivity index is 5.46. The maximum atomic E-state index is 12.6. The second kappa shape index (κ2) is 6.00. The minimum absolute atomic E-state index is 1.83. The van der Waals surface area contributed by atoms with E-state index < -0.39 is 42.8 Å². The quantitative estimate of drug-likeness (QED) is 0.501. The third kappa shape index (κ3) is 4.30. The summed E-state index contributed by atoms with van der Waals surface area (Å²) >= 11 is 0. The predicted octanol–water partition coefficient (Wildman–Crippen LogP) is 4.73. The number of rotatable bonds is 6. The van der Waals surface area contributed by atoms with Gasteiger partial charge in [-0.1, -0.05) is 0 Å². The van der Waals surface area contributed by atoms with E-state index in [2.05, 4.69) is 0 Å². The molecule has 1 unspecified atom stereocenters. The summed E-state index contributed by atoms with van der Waals surface area (Å²) < 4.78 is 160. The Morgan fingerprint density at radius 1 is 0.727 bits per heavy atom. The second-order valence-corrected chi connectivity index (χ2v) is 3.22. The second-order valence-electron chi connectivity index (χ2n) is 3.22. The molecule has 0 aliphatic carbocycles. The van der Waals surface area contributed by atoms with Crippen molar-refractivity contribution in [1.29, 1.82) is 0 Å². The summed E-state index contributed by atoms with van der Waals surface area (Å²) in [6.07, 6.45) is -28.9. The number of ether oxygens (including phenoxy) is 2. The van der Waals surface area contributed by atoms with E-state index >= 15 is 0 Å². The lowest BCUT2D eigenvalue weighted by Crippen LogP contribution is -2.58. The Kier molecular flexibility index (Phi) is 5.62. The molecule has 0 saturated carbocycles. The average Bonchev–Trinajstić information content (AvgIpc) is 2.25. The van der Waals surface area contributed by atoms with Gasteiger partial charge in [-0.15, -0.1) is 0 Å². The van der Waals surface area contributed by atoms with Gasteiger partial charge in [0, 0.05) is 0 Å². The third-order valence-corrected chi connectivity index (χ3v) is 1.61. The van der Waals surface area contributed by atoms with Crippen molar-refractivity contribution in [3.8, 4) is 0 Å². The molecule has 0 amide bonds. The average molecular weight is 364 g/mol. The van der Waals surface area contributed by atoms with Gasteiger partial charge in [-0.2, -0.15) is 52.7 Å². The lowest BCUT2D eigenvalue weighted by atomic mass is 10.3. The van der Waals surface area contributed by atoms with Crippen LogP contribution in [0.3, 0.4) is 0 Å². The van der Waals surface area contributed by atoms with Crippen LogP contribution >= 0.6 is 0 Å². The monoisotopic (exact) mass is 364 g/mol. The lowest BCUT2D eigenvalue weighted by molar-refractivity contribution is -0.472. The van der Waals surface area contributed by atoms with Crippen molar-refractivity contribution in [2.24, 2.45) is 0 Å². The van der Waals surface area contributed by atoms with Crippen molar-refractivity contribution in [3.63, 3.8) is 0 Å². The van der Waals surface area contributed by atoms with Crippen LogP contribution in [0.2, 0.25) is 0 Å². The molecule has 0 rings (SSSR count). The topological polar surface area (TPSA) is 18.5 Å². The maximum absolute atomic E-state index is 12.6. The summed E-state index contributed by atoms with van der Waals surface area (Å²) in [5.74, 6) is -7.15. The normalized spacial score (nSPS) is 15.5. The molecule has 0 saturated heterocycles. The fourth-order valence-corrected chi connectivity index (χ4v) is 0.655. The molecule has 0 aliphatic heterocycles. The third-order valence-electron chi connectivity index (χ3n) is 1.61. The van der Waals surface area contributed by atoms with E-state index in [-0.39, 0.29) is 0 Å². The summed E-state index contributed by atoms with van der Waals surface area (Å²) in [5.41, 5.74) is 0.